The molecule has 2 rings (SSSR count). The summed E-state index contributed by atoms with van der Waals surface area (Å²) in [4.78, 5) is 12.4. The Balaban J connectivity index is 2.30. The number of aryl methyl sites for hydroxylation is 1. The Kier molecular flexibility index (Phi) is 6.63. The molecule has 0 radical (unpaired) electrons. The van der Waals surface area contributed by atoms with Gasteiger partial charge in [0.25, 0.3) is 5.91 Å². The minimum atomic E-state index is -0.474. The smallest absolute Gasteiger partial charge is 0.266 e. The molecule has 4 nitrogen and oxygen atoms in total. The van der Waals surface area contributed by atoms with Crippen LogP contribution in [-0.4, -0.2) is 12.5 Å². The van der Waals surface area contributed by atoms with E-state index in [1.54, 1.807) is 18.2 Å². The predicted molar refractivity (Wildman–Crippen MR) is 104 cm³/mol. The van der Waals surface area contributed by atoms with Crippen molar-refractivity contribution in [2.45, 2.75) is 13.8 Å². The summed E-state index contributed by atoms with van der Waals surface area (Å²) in [5.41, 5.74) is 2.19. The lowest BCUT2D eigenvalue weighted by molar-refractivity contribution is -0.112. The van der Waals surface area contributed by atoms with Crippen LogP contribution >= 0.6 is 27.5 Å². The quantitative estimate of drug-likeness (QED) is 0.524. The van der Waals surface area contributed by atoms with Crippen molar-refractivity contribution < 1.29 is 9.53 Å². The largest absolute Gasteiger partial charge is 0.491 e. The van der Waals surface area contributed by atoms with Gasteiger partial charge < -0.3 is 10.1 Å². The number of nitriles is 1. The van der Waals surface area contributed by atoms with Crippen LogP contribution < -0.4 is 10.1 Å². The maximum Gasteiger partial charge on any atom is 0.266 e. The number of hydrogen-bond donors (Lipinski definition) is 1. The fraction of sp³-hybridized carbons (Fsp3) is 0.158. The first-order chi connectivity index (χ1) is 12.0. The van der Waals surface area contributed by atoms with Gasteiger partial charge in [-0.1, -0.05) is 29.8 Å². The number of hydrogen-bond acceptors (Lipinski definition) is 3. The van der Waals surface area contributed by atoms with Crippen LogP contribution in [0.5, 0.6) is 5.75 Å². The lowest BCUT2D eigenvalue weighted by atomic mass is 10.1. The summed E-state index contributed by atoms with van der Waals surface area (Å²) < 4.78 is 6.11. The third kappa shape index (κ3) is 4.85. The Morgan fingerprint density at radius 1 is 1.40 bits per heavy atom. The van der Waals surface area contributed by atoms with Crippen LogP contribution in [0.3, 0.4) is 0 Å². The lowest BCUT2D eigenvalue weighted by Gasteiger charge is -2.10. The molecule has 0 aliphatic heterocycles. The number of nitrogens with one attached hydrogen (secondary N) is 1. The number of halogens is 2. The summed E-state index contributed by atoms with van der Waals surface area (Å²) >= 11 is 9.59. The molecule has 0 atom stereocenters. The van der Waals surface area contributed by atoms with Gasteiger partial charge in [-0.05, 0) is 65.2 Å². The molecule has 6 heteroatoms. The molecule has 25 heavy (non-hydrogen) atoms. The van der Waals surface area contributed by atoms with E-state index >= 15 is 0 Å². The zero-order valence-electron chi connectivity index (χ0n) is 13.8. The monoisotopic (exact) mass is 418 g/mol. The van der Waals surface area contributed by atoms with Gasteiger partial charge in [0.15, 0.2) is 5.75 Å². The summed E-state index contributed by atoms with van der Waals surface area (Å²) in [6.07, 6.45) is 1.49. The third-order valence-corrected chi connectivity index (χ3v) is 4.25. The van der Waals surface area contributed by atoms with Crippen molar-refractivity contribution in [3.05, 3.63) is 62.6 Å². The van der Waals surface area contributed by atoms with Crippen LogP contribution in [0.25, 0.3) is 6.08 Å². The van der Waals surface area contributed by atoms with E-state index in [1.165, 1.54) is 6.08 Å². The Bertz CT molecular complexity index is 849. The highest BCUT2D eigenvalue weighted by Crippen LogP contribution is 2.35. The maximum atomic E-state index is 12.4. The zero-order valence-corrected chi connectivity index (χ0v) is 16.1. The molecular formula is C19H16BrClN2O2. The van der Waals surface area contributed by atoms with Crippen molar-refractivity contribution in [3.63, 3.8) is 0 Å². The summed E-state index contributed by atoms with van der Waals surface area (Å²) in [6.45, 7) is 4.23. The fourth-order valence-corrected chi connectivity index (χ4v) is 3.15. The van der Waals surface area contributed by atoms with Crippen LogP contribution in [0.1, 0.15) is 18.1 Å². The van der Waals surface area contributed by atoms with Crippen molar-refractivity contribution in [2.24, 2.45) is 0 Å². The number of amides is 1. The van der Waals surface area contributed by atoms with E-state index in [-0.39, 0.29) is 5.57 Å². The number of para-hydroxylation sites is 1. The second kappa shape index (κ2) is 8.70. The molecule has 2 aromatic carbocycles. The van der Waals surface area contributed by atoms with E-state index in [9.17, 15) is 10.1 Å². The molecule has 0 saturated carbocycles. The van der Waals surface area contributed by atoms with E-state index in [0.29, 0.717) is 33.1 Å². The summed E-state index contributed by atoms with van der Waals surface area (Å²) in [7, 11) is 0. The van der Waals surface area contributed by atoms with Crippen molar-refractivity contribution in [2.75, 3.05) is 11.9 Å². The first kappa shape index (κ1) is 19.0. The molecule has 1 N–H and O–H groups in total. The molecule has 2 aromatic rings. The van der Waals surface area contributed by atoms with E-state index in [0.717, 1.165) is 5.56 Å². The van der Waals surface area contributed by atoms with Gasteiger partial charge in [-0.25, -0.2) is 0 Å². The van der Waals surface area contributed by atoms with Crippen LogP contribution in [0.4, 0.5) is 5.69 Å². The van der Waals surface area contributed by atoms with Crippen LogP contribution in [0.15, 0.2) is 46.4 Å². The zero-order chi connectivity index (χ0) is 18.4. The van der Waals surface area contributed by atoms with Crippen LogP contribution in [0.2, 0.25) is 5.02 Å². The summed E-state index contributed by atoms with van der Waals surface area (Å²) in [5, 5.41) is 12.5. The first-order valence-electron chi connectivity index (χ1n) is 7.57. The molecule has 0 aliphatic carbocycles. The van der Waals surface area contributed by atoms with Crippen molar-refractivity contribution in [1.82, 2.24) is 0 Å². The first-order valence-corrected chi connectivity index (χ1v) is 8.74. The van der Waals surface area contributed by atoms with E-state index in [2.05, 4.69) is 21.2 Å². The Hall–Kier alpha value is -2.29. The Labute approximate surface area is 160 Å². The molecule has 0 spiro atoms. The van der Waals surface area contributed by atoms with Gasteiger partial charge >= 0.3 is 0 Å². The highest BCUT2D eigenvalue weighted by atomic mass is 79.9. The molecular weight excluding hydrogens is 404 g/mol. The highest BCUT2D eigenvalue weighted by Gasteiger charge is 2.13. The molecule has 0 fully saturated rings. The second-order valence-electron chi connectivity index (χ2n) is 5.19. The highest BCUT2D eigenvalue weighted by molar-refractivity contribution is 9.10. The molecule has 0 heterocycles. The molecule has 0 saturated heterocycles. The van der Waals surface area contributed by atoms with Crippen molar-refractivity contribution in [3.8, 4) is 11.8 Å². The summed E-state index contributed by atoms with van der Waals surface area (Å²) in [6, 6.07) is 12.7. The number of benzene rings is 2. The SMILES string of the molecule is CCOc1c(Cl)cc(/C=C(/C#N)C(=O)Nc2ccccc2C)cc1Br. The molecule has 128 valence electrons. The average Bonchev–Trinajstić information content (AvgIpc) is 2.58. The van der Waals surface area contributed by atoms with Crippen LogP contribution in [-0.2, 0) is 4.79 Å². The number of carbonyl (C=O) groups is 1. The number of anilines is 1. The maximum absolute atomic E-state index is 12.4. The van der Waals surface area contributed by atoms with Crippen LogP contribution in [0, 0.1) is 18.3 Å². The van der Waals surface area contributed by atoms with Gasteiger partial charge in [0, 0.05) is 5.69 Å². The van der Waals surface area contributed by atoms with Gasteiger partial charge in [-0.2, -0.15) is 5.26 Å². The minimum absolute atomic E-state index is 0.0182. The van der Waals surface area contributed by atoms with Crippen molar-refractivity contribution in [1.29, 1.82) is 5.26 Å². The number of ether oxygens (including phenoxy) is 1. The minimum Gasteiger partial charge on any atom is -0.491 e. The number of carbonyl (C=O) groups excluding carboxylic acids is 1. The van der Waals surface area contributed by atoms with Gasteiger partial charge in [0.1, 0.15) is 11.6 Å². The Morgan fingerprint density at radius 2 is 2.12 bits per heavy atom. The van der Waals surface area contributed by atoms with E-state index in [4.69, 9.17) is 16.3 Å². The fourth-order valence-electron chi connectivity index (χ4n) is 2.16. The Morgan fingerprint density at radius 3 is 2.72 bits per heavy atom. The third-order valence-electron chi connectivity index (χ3n) is 3.38. The molecule has 0 aromatic heterocycles. The number of rotatable bonds is 5. The standard InChI is InChI=1S/C19H16BrClN2O2/c1-3-25-18-15(20)9-13(10-16(18)21)8-14(11-22)19(24)23-17-7-5-4-6-12(17)2/h4-10H,3H2,1-2H3,(H,23,24)/b14-8-. The van der Waals surface area contributed by atoms with E-state index in [1.807, 2.05) is 38.1 Å². The van der Waals surface area contributed by atoms with Crippen molar-refractivity contribution >= 4 is 45.2 Å². The number of nitrogens with zero attached hydrogens (tertiary/aromatic N) is 1. The molecule has 1 amide bonds. The normalized spacial score (nSPS) is 10.9. The lowest BCUT2D eigenvalue weighted by Crippen LogP contribution is -2.14. The van der Waals surface area contributed by atoms with Gasteiger partial charge in [-0.15, -0.1) is 0 Å². The molecule has 0 aliphatic rings. The topological polar surface area (TPSA) is 62.1 Å². The molecule has 0 unspecified atom stereocenters. The average molecular weight is 420 g/mol. The predicted octanol–water partition coefficient (Wildman–Crippen LogP) is 5.36. The van der Waals surface area contributed by atoms with Gasteiger partial charge in [0.2, 0.25) is 0 Å². The van der Waals surface area contributed by atoms with E-state index < -0.39 is 5.91 Å². The molecule has 0 bridgehead atoms. The summed E-state index contributed by atoms with van der Waals surface area (Å²) in [5.74, 6) is 0.0575. The van der Waals surface area contributed by atoms with Gasteiger partial charge in [0.05, 0.1) is 16.1 Å². The second-order valence-corrected chi connectivity index (χ2v) is 6.45. The van der Waals surface area contributed by atoms with Gasteiger partial charge in [-0.3, -0.25) is 4.79 Å².